The van der Waals surface area contributed by atoms with E-state index < -0.39 is 0 Å². The van der Waals surface area contributed by atoms with Crippen LogP contribution in [0.4, 0.5) is 5.69 Å². The normalized spacial score (nSPS) is 17.7. The van der Waals surface area contributed by atoms with Crippen LogP contribution in [-0.2, 0) is 4.74 Å². The van der Waals surface area contributed by atoms with Gasteiger partial charge in [-0.3, -0.25) is 0 Å². The lowest BCUT2D eigenvalue weighted by molar-refractivity contribution is 0.0904. The van der Waals surface area contributed by atoms with Crippen LogP contribution in [0.25, 0.3) is 0 Å². The monoisotopic (exact) mass is 224 g/mol. The minimum absolute atomic E-state index is 0.542. The van der Waals surface area contributed by atoms with Gasteiger partial charge in [0.15, 0.2) is 0 Å². The molecule has 1 aliphatic rings. The lowest BCUT2D eigenvalue weighted by Crippen LogP contribution is -2.27. The molecule has 0 unspecified atom stereocenters. The molecule has 1 fully saturated rings. The van der Waals surface area contributed by atoms with Gasteiger partial charge >= 0.3 is 0 Å². The highest BCUT2D eigenvalue weighted by molar-refractivity contribution is 7.98. The molecule has 0 bridgehead atoms. The molecule has 0 aromatic carbocycles. The van der Waals surface area contributed by atoms with Gasteiger partial charge in [-0.05, 0) is 31.2 Å². The zero-order valence-corrected chi connectivity index (χ0v) is 9.72. The van der Waals surface area contributed by atoms with Gasteiger partial charge in [-0.25, -0.2) is 4.98 Å². The molecule has 3 nitrogen and oxygen atoms in total. The lowest BCUT2D eigenvalue weighted by Gasteiger charge is -2.23. The second-order valence-electron chi connectivity index (χ2n) is 3.62. The van der Waals surface area contributed by atoms with Crippen molar-refractivity contribution in [3.8, 4) is 0 Å². The first kappa shape index (κ1) is 10.8. The molecule has 0 atom stereocenters. The smallest absolute Gasteiger partial charge is 0.0958 e. The van der Waals surface area contributed by atoms with Crippen molar-refractivity contribution in [2.24, 2.45) is 0 Å². The second kappa shape index (κ2) is 5.37. The number of pyridine rings is 1. The summed E-state index contributed by atoms with van der Waals surface area (Å²) in [6.45, 7) is 1.74. The largest absolute Gasteiger partial charge is 0.381 e. The molecular weight excluding hydrogens is 208 g/mol. The number of rotatable bonds is 3. The van der Waals surface area contributed by atoms with Crippen molar-refractivity contribution in [3.63, 3.8) is 0 Å². The van der Waals surface area contributed by atoms with Gasteiger partial charge in [0.25, 0.3) is 0 Å². The van der Waals surface area contributed by atoms with Gasteiger partial charge in [0, 0.05) is 19.3 Å². The number of anilines is 1. The van der Waals surface area contributed by atoms with Crippen LogP contribution >= 0.6 is 11.8 Å². The Labute approximate surface area is 94.6 Å². The number of nitrogens with one attached hydrogen (secondary N) is 1. The maximum atomic E-state index is 5.31. The van der Waals surface area contributed by atoms with Crippen molar-refractivity contribution in [1.82, 2.24) is 4.98 Å². The van der Waals surface area contributed by atoms with Gasteiger partial charge in [-0.2, -0.15) is 0 Å². The summed E-state index contributed by atoms with van der Waals surface area (Å²) < 4.78 is 5.31. The average molecular weight is 224 g/mol. The van der Waals surface area contributed by atoms with E-state index in [-0.39, 0.29) is 0 Å². The minimum atomic E-state index is 0.542. The molecule has 0 spiro atoms. The van der Waals surface area contributed by atoms with E-state index in [1.54, 1.807) is 11.8 Å². The number of hydrogen-bond donors (Lipinski definition) is 1. The third kappa shape index (κ3) is 3.11. The van der Waals surface area contributed by atoms with Crippen LogP contribution in [0, 0.1) is 0 Å². The third-order valence-electron chi connectivity index (χ3n) is 2.54. The van der Waals surface area contributed by atoms with Gasteiger partial charge < -0.3 is 10.1 Å². The Morgan fingerprint density at radius 1 is 1.40 bits per heavy atom. The van der Waals surface area contributed by atoms with E-state index in [0.717, 1.165) is 36.8 Å². The zero-order valence-electron chi connectivity index (χ0n) is 8.90. The molecule has 2 rings (SSSR count). The Bertz CT molecular complexity index is 296. The van der Waals surface area contributed by atoms with Crippen molar-refractivity contribution < 1.29 is 4.74 Å². The summed E-state index contributed by atoms with van der Waals surface area (Å²) in [6, 6.07) is 4.68. The number of ether oxygens (including phenoxy) is 1. The first-order valence-electron chi connectivity index (χ1n) is 5.23. The Kier molecular flexibility index (Phi) is 3.86. The molecule has 82 valence electrons. The Hall–Kier alpha value is -0.740. The predicted molar refractivity (Wildman–Crippen MR) is 63.5 cm³/mol. The predicted octanol–water partition coefficient (Wildman–Crippen LogP) is 2.39. The molecule has 15 heavy (non-hydrogen) atoms. The highest BCUT2D eigenvalue weighted by Crippen LogP contribution is 2.17. The quantitative estimate of drug-likeness (QED) is 0.799. The number of thioether (sulfide) groups is 1. The molecule has 0 amide bonds. The average Bonchev–Trinajstić information content (AvgIpc) is 2.31. The molecule has 4 heteroatoms. The van der Waals surface area contributed by atoms with E-state index in [1.165, 1.54) is 0 Å². The van der Waals surface area contributed by atoms with E-state index >= 15 is 0 Å². The van der Waals surface area contributed by atoms with Crippen LogP contribution in [-0.4, -0.2) is 30.5 Å². The van der Waals surface area contributed by atoms with Crippen LogP contribution in [0.5, 0.6) is 0 Å². The SMILES string of the molecule is CSc1ccc(NC2CCOCC2)cn1. The first-order valence-corrected chi connectivity index (χ1v) is 6.45. The summed E-state index contributed by atoms with van der Waals surface area (Å²) in [5, 5.41) is 4.54. The van der Waals surface area contributed by atoms with Crippen LogP contribution in [0.2, 0.25) is 0 Å². The number of hydrogen-bond acceptors (Lipinski definition) is 4. The molecule has 0 saturated carbocycles. The van der Waals surface area contributed by atoms with Crippen molar-refractivity contribution in [2.45, 2.75) is 23.9 Å². The van der Waals surface area contributed by atoms with Gasteiger partial charge in [0.05, 0.1) is 16.9 Å². The highest BCUT2D eigenvalue weighted by atomic mass is 32.2. The number of aromatic nitrogens is 1. The Morgan fingerprint density at radius 3 is 2.80 bits per heavy atom. The lowest BCUT2D eigenvalue weighted by atomic mass is 10.1. The fraction of sp³-hybridized carbons (Fsp3) is 0.545. The fourth-order valence-electron chi connectivity index (χ4n) is 1.66. The van der Waals surface area contributed by atoms with Crippen molar-refractivity contribution in [1.29, 1.82) is 0 Å². The molecule has 1 aromatic rings. The van der Waals surface area contributed by atoms with Crippen LogP contribution in [0.15, 0.2) is 23.4 Å². The maximum absolute atomic E-state index is 5.31. The van der Waals surface area contributed by atoms with Crippen molar-refractivity contribution in [2.75, 3.05) is 24.8 Å². The van der Waals surface area contributed by atoms with Crippen LogP contribution in [0.1, 0.15) is 12.8 Å². The summed E-state index contributed by atoms with van der Waals surface area (Å²) >= 11 is 1.66. The molecular formula is C11H16N2OS. The number of nitrogens with zero attached hydrogens (tertiary/aromatic N) is 1. The second-order valence-corrected chi connectivity index (χ2v) is 4.45. The van der Waals surface area contributed by atoms with Gasteiger partial charge in [0.1, 0.15) is 0 Å². The van der Waals surface area contributed by atoms with E-state index in [0.29, 0.717) is 6.04 Å². The summed E-state index contributed by atoms with van der Waals surface area (Å²) in [5.74, 6) is 0. The first-order chi connectivity index (χ1) is 7.38. The van der Waals surface area contributed by atoms with E-state index in [2.05, 4.69) is 16.4 Å². The van der Waals surface area contributed by atoms with Gasteiger partial charge in [-0.1, -0.05) is 0 Å². The van der Waals surface area contributed by atoms with Crippen LogP contribution in [0.3, 0.4) is 0 Å². The molecule has 1 N–H and O–H groups in total. The molecule has 2 heterocycles. The molecule has 1 aromatic heterocycles. The summed E-state index contributed by atoms with van der Waals surface area (Å²) in [4.78, 5) is 4.33. The maximum Gasteiger partial charge on any atom is 0.0958 e. The molecule has 0 aliphatic carbocycles. The minimum Gasteiger partial charge on any atom is -0.381 e. The standard InChI is InChI=1S/C11H16N2OS/c1-15-11-3-2-10(8-12-11)13-9-4-6-14-7-5-9/h2-3,8-9,13H,4-7H2,1H3. The fourth-order valence-corrected chi connectivity index (χ4v) is 2.03. The van der Waals surface area contributed by atoms with Crippen LogP contribution < -0.4 is 5.32 Å². The third-order valence-corrected chi connectivity index (χ3v) is 3.20. The zero-order chi connectivity index (χ0) is 10.5. The molecule has 1 aliphatic heterocycles. The highest BCUT2D eigenvalue weighted by Gasteiger charge is 2.12. The Balaban J connectivity index is 1.91. The van der Waals surface area contributed by atoms with E-state index in [9.17, 15) is 0 Å². The van der Waals surface area contributed by atoms with Gasteiger partial charge in [-0.15, -0.1) is 11.8 Å². The van der Waals surface area contributed by atoms with E-state index in [4.69, 9.17) is 4.74 Å². The van der Waals surface area contributed by atoms with Crippen molar-refractivity contribution >= 4 is 17.4 Å². The summed E-state index contributed by atoms with van der Waals surface area (Å²) in [7, 11) is 0. The summed E-state index contributed by atoms with van der Waals surface area (Å²) in [5.41, 5.74) is 1.11. The topological polar surface area (TPSA) is 34.1 Å². The summed E-state index contributed by atoms with van der Waals surface area (Å²) in [6.07, 6.45) is 6.11. The Morgan fingerprint density at radius 2 is 2.20 bits per heavy atom. The molecule has 1 saturated heterocycles. The van der Waals surface area contributed by atoms with Gasteiger partial charge in [0.2, 0.25) is 0 Å². The molecule has 0 radical (unpaired) electrons. The van der Waals surface area contributed by atoms with Crippen molar-refractivity contribution in [3.05, 3.63) is 18.3 Å². The van der Waals surface area contributed by atoms with E-state index in [1.807, 2.05) is 18.5 Å².